The van der Waals surface area contributed by atoms with Crippen molar-refractivity contribution >= 4 is 11.6 Å². The second kappa shape index (κ2) is 9.73. The third-order valence-corrected chi connectivity index (χ3v) is 6.68. The standard InChI is InChI=1S/C25H27F2N3O6/c1-34-19-6-4-16(5-7-19)14-28-23(31)11-18-13-24(18)25(26,27)8-9-29(24)15-17-10-21(35-2)22(36-3)12-20(17)30(32)33/h4-7,10,12-13H,8-9,11,14-15H2,1-3H3,(H,28,31). The van der Waals surface area contributed by atoms with Gasteiger partial charge >= 0.3 is 0 Å². The fraction of sp³-hybridized carbons (Fsp3) is 0.400. The first-order chi connectivity index (χ1) is 17.1. The molecule has 192 valence electrons. The van der Waals surface area contributed by atoms with Crippen molar-refractivity contribution in [2.75, 3.05) is 27.9 Å². The number of hydrogen-bond donors (Lipinski definition) is 1. The minimum Gasteiger partial charge on any atom is -0.497 e. The van der Waals surface area contributed by atoms with Crippen LogP contribution in [0.25, 0.3) is 0 Å². The van der Waals surface area contributed by atoms with Gasteiger partial charge in [0.05, 0.1) is 32.3 Å². The van der Waals surface area contributed by atoms with Crippen LogP contribution < -0.4 is 19.5 Å². The van der Waals surface area contributed by atoms with E-state index in [9.17, 15) is 14.9 Å². The van der Waals surface area contributed by atoms with Crippen LogP contribution in [0.5, 0.6) is 17.2 Å². The molecule has 0 saturated carbocycles. The highest BCUT2D eigenvalue weighted by atomic mass is 19.3. The number of carbonyl (C=O) groups is 1. The Labute approximate surface area is 206 Å². The Bertz CT molecular complexity index is 1200. The van der Waals surface area contributed by atoms with E-state index in [0.717, 1.165) is 5.56 Å². The lowest BCUT2D eigenvalue weighted by Gasteiger charge is -2.30. The molecule has 4 rings (SSSR count). The molecule has 2 aliphatic rings. The summed E-state index contributed by atoms with van der Waals surface area (Å²) in [7, 11) is 4.31. The molecule has 2 aromatic rings. The molecule has 1 fully saturated rings. The Kier molecular flexibility index (Phi) is 6.85. The van der Waals surface area contributed by atoms with E-state index >= 15 is 8.78 Å². The van der Waals surface area contributed by atoms with Gasteiger partial charge in [-0.05, 0) is 29.3 Å². The van der Waals surface area contributed by atoms with Crippen LogP contribution in [0, 0.1) is 10.1 Å². The highest BCUT2D eigenvalue weighted by Crippen LogP contribution is 2.58. The number of hydrogen-bond acceptors (Lipinski definition) is 7. The van der Waals surface area contributed by atoms with E-state index in [1.165, 1.54) is 37.3 Å². The van der Waals surface area contributed by atoms with E-state index in [-0.39, 0.29) is 54.7 Å². The normalized spacial score (nSPS) is 20.1. The molecule has 1 aliphatic carbocycles. The number of nitrogens with zero attached hydrogens (tertiary/aromatic N) is 2. The molecule has 0 bridgehead atoms. The monoisotopic (exact) mass is 503 g/mol. The lowest BCUT2D eigenvalue weighted by atomic mass is 10.0. The summed E-state index contributed by atoms with van der Waals surface area (Å²) in [6, 6.07) is 9.81. The predicted molar refractivity (Wildman–Crippen MR) is 126 cm³/mol. The SMILES string of the molecule is COc1ccc(CNC(=O)CC2=CC23N(Cc2cc(OC)c(OC)cc2[N+](=O)[O-])CCC3(F)F)cc1. The largest absolute Gasteiger partial charge is 0.497 e. The first kappa shape index (κ1) is 25.4. The second-order valence-corrected chi connectivity index (χ2v) is 8.71. The van der Waals surface area contributed by atoms with E-state index in [1.54, 1.807) is 31.4 Å². The van der Waals surface area contributed by atoms with Crippen molar-refractivity contribution in [2.24, 2.45) is 0 Å². The van der Waals surface area contributed by atoms with Crippen LogP contribution in [-0.4, -0.2) is 55.1 Å². The molecule has 9 nitrogen and oxygen atoms in total. The highest BCUT2D eigenvalue weighted by molar-refractivity contribution is 5.81. The Balaban J connectivity index is 1.47. The van der Waals surface area contributed by atoms with Gasteiger partial charge in [0.25, 0.3) is 11.6 Å². The molecule has 1 aliphatic heterocycles. The molecular formula is C25H27F2N3O6. The van der Waals surface area contributed by atoms with Crippen molar-refractivity contribution in [3.05, 3.63) is 69.3 Å². The van der Waals surface area contributed by atoms with Crippen molar-refractivity contribution in [2.45, 2.75) is 37.4 Å². The quantitative estimate of drug-likeness (QED) is 0.298. The van der Waals surface area contributed by atoms with Gasteiger partial charge in [-0.2, -0.15) is 0 Å². The third kappa shape index (κ3) is 4.58. The number of nitro groups is 1. The summed E-state index contributed by atoms with van der Waals surface area (Å²) in [4.78, 5) is 25.1. The number of alkyl halides is 2. The van der Waals surface area contributed by atoms with Crippen molar-refractivity contribution < 1.29 is 32.7 Å². The number of methoxy groups -OCH3 is 3. The van der Waals surface area contributed by atoms with Gasteiger partial charge < -0.3 is 19.5 Å². The number of ether oxygens (including phenoxy) is 3. The van der Waals surface area contributed by atoms with Crippen LogP contribution in [0.1, 0.15) is 24.0 Å². The Morgan fingerprint density at radius 2 is 1.78 bits per heavy atom. The summed E-state index contributed by atoms with van der Waals surface area (Å²) >= 11 is 0. The fourth-order valence-corrected chi connectivity index (χ4v) is 4.71. The molecule has 1 spiro atoms. The van der Waals surface area contributed by atoms with Gasteiger partial charge in [0.2, 0.25) is 5.91 Å². The van der Waals surface area contributed by atoms with Crippen molar-refractivity contribution in [3.63, 3.8) is 0 Å². The Hall–Kier alpha value is -3.73. The van der Waals surface area contributed by atoms with Crippen LogP contribution in [0.2, 0.25) is 0 Å². The number of amides is 1. The molecule has 1 heterocycles. The summed E-state index contributed by atoms with van der Waals surface area (Å²) in [5.74, 6) is -2.35. The summed E-state index contributed by atoms with van der Waals surface area (Å²) in [6.07, 6.45) is 0.803. The molecule has 1 amide bonds. The number of halogens is 2. The van der Waals surface area contributed by atoms with Gasteiger partial charge in [0.15, 0.2) is 11.5 Å². The maximum absolute atomic E-state index is 15.1. The second-order valence-electron chi connectivity index (χ2n) is 8.71. The number of likely N-dealkylation sites (tertiary alicyclic amines) is 1. The molecule has 0 aromatic heterocycles. The molecule has 1 unspecified atom stereocenters. The van der Waals surface area contributed by atoms with Gasteiger partial charge in [0.1, 0.15) is 11.3 Å². The zero-order valence-corrected chi connectivity index (χ0v) is 20.2. The maximum Gasteiger partial charge on any atom is 0.277 e. The molecule has 1 atom stereocenters. The molecule has 1 N–H and O–H groups in total. The molecular weight excluding hydrogens is 476 g/mol. The minimum absolute atomic E-state index is 0.0198. The average Bonchev–Trinajstić information content (AvgIpc) is 3.54. The molecule has 1 saturated heterocycles. The zero-order chi connectivity index (χ0) is 26.1. The van der Waals surface area contributed by atoms with Gasteiger partial charge in [0, 0.05) is 38.0 Å². The van der Waals surface area contributed by atoms with Crippen LogP contribution in [0.15, 0.2) is 48.0 Å². The summed E-state index contributed by atoms with van der Waals surface area (Å²) < 4.78 is 45.6. The van der Waals surface area contributed by atoms with Crippen molar-refractivity contribution in [1.29, 1.82) is 0 Å². The predicted octanol–water partition coefficient (Wildman–Crippen LogP) is 3.85. The Morgan fingerprint density at radius 3 is 2.39 bits per heavy atom. The summed E-state index contributed by atoms with van der Waals surface area (Å²) in [5.41, 5.74) is -0.584. The summed E-state index contributed by atoms with van der Waals surface area (Å²) in [5, 5.41) is 14.4. The highest BCUT2D eigenvalue weighted by Gasteiger charge is 2.69. The van der Waals surface area contributed by atoms with Crippen molar-refractivity contribution in [3.8, 4) is 17.2 Å². The van der Waals surface area contributed by atoms with E-state index < -0.39 is 22.8 Å². The van der Waals surface area contributed by atoms with Crippen LogP contribution >= 0.6 is 0 Å². The van der Waals surface area contributed by atoms with Gasteiger partial charge in [-0.15, -0.1) is 0 Å². The van der Waals surface area contributed by atoms with E-state index in [1.807, 2.05) is 0 Å². The number of nitrogens with one attached hydrogen (secondary N) is 1. The van der Waals surface area contributed by atoms with Crippen LogP contribution in [-0.2, 0) is 17.9 Å². The zero-order valence-electron chi connectivity index (χ0n) is 20.2. The maximum atomic E-state index is 15.1. The molecule has 11 heteroatoms. The van der Waals surface area contributed by atoms with Crippen molar-refractivity contribution in [1.82, 2.24) is 10.2 Å². The molecule has 0 radical (unpaired) electrons. The van der Waals surface area contributed by atoms with Gasteiger partial charge in [-0.25, -0.2) is 8.78 Å². The minimum atomic E-state index is -3.09. The number of benzene rings is 2. The first-order valence-electron chi connectivity index (χ1n) is 11.3. The number of nitro benzene ring substituents is 1. The van der Waals surface area contributed by atoms with E-state index in [2.05, 4.69) is 5.32 Å². The van der Waals surface area contributed by atoms with Crippen LogP contribution in [0.3, 0.4) is 0 Å². The Morgan fingerprint density at radius 1 is 1.11 bits per heavy atom. The molecule has 36 heavy (non-hydrogen) atoms. The average molecular weight is 504 g/mol. The first-order valence-corrected chi connectivity index (χ1v) is 11.3. The smallest absolute Gasteiger partial charge is 0.277 e. The molecule has 2 aromatic carbocycles. The van der Waals surface area contributed by atoms with Gasteiger partial charge in [-0.1, -0.05) is 18.2 Å². The fourth-order valence-electron chi connectivity index (χ4n) is 4.71. The lowest BCUT2D eigenvalue weighted by Crippen LogP contribution is -2.45. The summed E-state index contributed by atoms with van der Waals surface area (Å²) in [6.45, 7) is 0.159. The van der Waals surface area contributed by atoms with E-state index in [0.29, 0.717) is 11.3 Å². The number of carbonyl (C=O) groups excluding carboxylic acids is 1. The lowest BCUT2D eigenvalue weighted by molar-refractivity contribution is -0.385. The topological polar surface area (TPSA) is 103 Å². The number of rotatable bonds is 10. The third-order valence-electron chi connectivity index (χ3n) is 6.68. The van der Waals surface area contributed by atoms with Gasteiger partial charge in [-0.3, -0.25) is 19.8 Å². The van der Waals surface area contributed by atoms with E-state index in [4.69, 9.17) is 14.2 Å². The van der Waals surface area contributed by atoms with Crippen LogP contribution in [0.4, 0.5) is 14.5 Å².